The highest BCUT2D eigenvalue weighted by molar-refractivity contribution is 5.84. The molecule has 0 aliphatic heterocycles. The average molecular weight is 467 g/mol. The topological polar surface area (TPSA) is 71.1 Å². The highest BCUT2D eigenvalue weighted by Gasteiger charge is 2.90. The molecule has 12 atom stereocenters. The quantitative estimate of drug-likeness (QED) is 0.493. The molecule has 6 heteroatoms. The van der Waals surface area contributed by atoms with Crippen LogP contribution in [0.4, 0.5) is 0 Å². The highest BCUT2D eigenvalue weighted by Crippen LogP contribution is 2.95. The van der Waals surface area contributed by atoms with E-state index in [0.717, 1.165) is 24.3 Å². The summed E-state index contributed by atoms with van der Waals surface area (Å²) < 4.78 is 22.1. The second kappa shape index (κ2) is 6.30. The molecule has 6 aliphatic carbocycles. The van der Waals surface area contributed by atoms with Gasteiger partial charge in [0.25, 0.3) is 0 Å². The fourth-order valence-corrected chi connectivity index (χ4v) is 11.6. The Bertz CT molecular complexity index is 1040. The second-order valence-corrected chi connectivity index (χ2v) is 12.1. The first kappa shape index (κ1) is 21.1. The van der Waals surface area contributed by atoms with Crippen molar-refractivity contribution in [3.63, 3.8) is 0 Å². The molecule has 182 valence electrons. The molecular weight excluding hydrogens is 432 g/mol. The molecule has 1 aromatic carbocycles. The summed E-state index contributed by atoms with van der Waals surface area (Å²) in [7, 11) is 6.42. The van der Waals surface area contributed by atoms with Crippen molar-refractivity contribution in [2.24, 2.45) is 58.2 Å². The minimum atomic E-state index is -0.371. The molecular formula is C28H34O6. The van der Waals surface area contributed by atoms with E-state index in [1.165, 1.54) is 25.3 Å². The van der Waals surface area contributed by atoms with Gasteiger partial charge in [-0.05, 0) is 83.1 Å². The van der Waals surface area contributed by atoms with Gasteiger partial charge in [0.2, 0.25) is 0 Å². The lowest BCUT2D eigenvalue weighted by Gasteiger charge is -2.84. The molecule has 5 saturated carbocycles. The molecule has 5 fully saturated rings. The van der Waals surface area contributed by atoms with E-state index in [4.69, 9.17) is 18.9 Å². The van der Waals surface area contributed by atoms with Crippen LogP contribution < -0.4 is 9.47 Å². The average Bonchev–Trinajstić information content (AvgIpc) is 3.61. The smallest absolute Gasteiger partial charge is 0.309 e. The van der Waals surface area contributed by atoms with Gasteiger partial charge in [-0.15, -0.1) is 0 Å². The van der Waals surface area contributed by atoms with E-state index in [1.54, 1.807) is 14.2 Å². The number of benzene rings is 1. The first-order valence-electron chi connectivity index (χ1n) is 12.7. The van der Waals surface area contributed by atoms with Gasteiger partial charge in [-0.25, -0.2) is 0 Å². The molecule has 0 spiro atoms. The molecule has 6 aliphatic rings. The number of methoxy groups -OCH3 is 4. The van der Waals surface area contributed by atoms with Gasteiger partial charge in [0.15, 0.2) is 0 Å². The van der Waals surface area contributed by atoms with Crippen LogP contribution in [0.5, 0.6) is 11.5 Å². The van der Waals surface area contributed by atoms with Crippen LogP contribution in [0.3, 0.4) is 0 Å². The monoisotopic (exact) mass is 466 g/mol. The third-order valence-corrected chi connectivity index (χ3v) is 12.2. The first-order valence-corrected chi connectivity index (χ1v) is 12.7. The van der Waals surface area contributed by atoms with Crippen molar-refractivity contribution in [3.05, 3.63) is 23.3 Å². The number of carbonyl (C=O) groups excluding carboxylic acids is 2. The number of fused-ring (bicyclic) bond motifs is 18. The SMILES string of the molecule is COC(=O)[C@@H]1[C@H](C(=O)OC)[C@@H]2C[C@H]1C1C2[C@@]2(C)C3C([C@H]4C[C@@H]3c3c(OC)ccc(OC)c34)[C@@]12C. The highest BCUT2D eigenvalue weighted by atomic mass is 16.5. The Morgan fingerprint density at radius 3 is 1.47 bits per heavy atom. The fraction of sp³-hybridized carbons (Fsp3) is 0.714. The van der Waals surface area contributed by atoms with Crippen LogP contribution in [-0.4, -0.2) is 40.4 Å². The minimum absolute atomic E-state index is 0.167. The zero-order chi connectivity index (χ0) is 23.9. The van der Waals surface area contributed by atoms with Gasteiger partial charge in [-0.3, -0.25) is 9.59 Å². The predicted octanol–water partition coefficient (Wildman–Crippen LogP) is 4.02. The van der Waals surface area contributed by atoms with Gasteiger partial charge in [0.1, 0.15) is 11.5 Å². The summed E-state index contributed by atoms with van der Waals surface area (Å²) >= 11 is 0. The van der Waals surface area contributed by atoms with Crippen LogP contribution in [0, 0.1) is 58.2 Å². The van der Waals surface area contributed by atoms with Crippen molar-refractivity contribution in [2.75, 3.05) is 28.4 Å². The molecule has 34 heavy (non-hydrogen) atoms. The molecule has 4 bridgehead atoms. The van der Waals surface area contributed by atoms with Gasteiger partial charge < -0.3 is 18.9 Å². The summed E-state index contributed by atoms with van der Waals surface area (Å²) in [4.78, 5) is 25.8. The molecule has 0 heterocycles. The van der Waals surface area contributed by atoms with Crippen LogP contribution in [0.2, 0.25) is 0 Å². The molecule has 4 unspecified atom stereocenters. The Morgan fingerprint density at radius 1 is 0.706 bits per heavy atom. The van der Waals surface area contributed by atoms with Crippen molar-refractivity contribution in [2.45, 2.75) is 38.5 Å². The number of esters is 2. The molecule has 7 rings (SSSR count). The lowest BCUT2D eigenvalue weighted by molar-refractivity contribution is -0.368. The van der Waals surface area contributed by atoms with Gasteiger partial charge in [-0.1, -0.05) is 13.8 Å². The van der Waals surface area contributed by atoms with E-state index in [-0.39, 0.29) is 46.4 Å². The zero-order valence-corrected chi connectivity index (χ0v) is 20.8. The van der Waals surface area contributed by atoms with Gasteiger partial charge in [-0.2, -0.15) is 0 Å². The number of ether oxygens (including phenoxy) is 4. The predicted molar refractivity (Wildman–Crippen MR) is 122 cm³/mol. The molecule has 6 nitrogen and oxygen atoms in total. The summed E-state index contributed by atoms with van der Waals surface area (Å²) in [5.41, 5.74) is 3.06. The Labute approximate surface area is 200 Å². The molecule has 0 N–H and O–H groups in total. The largest absolute Gasteiger partial charge is 0.496 e. The fourth-order valence-electron chi connectivity index (χ4n) is 11.6. The molecule has 1 aromatic rings. The van der Waals surface area contributed by atoms with Crippen LogP contribution in [-0.2, 0) is 19.1 Å². The van der Waals surface area contributed by atoms with Gasteiger partial charge in [0, 0.05) is 11.1 Å². The standard InChI is InChI=1S/C28H34O6/c1-27-21-11-9-12(18-16(32-4)8-7-15(31-3)17(11)18)22(21)28(27,2)24-14-10-13(23(24)27)19(25(29)33-5)20(14)26(30)34-6/h7-8,11-14,19-24H,9-10H2,1-6H3/t11-,12+,13+,14-,19-,20+,21?,22?,23?,24?,27-,28+. The second-order valence-electron chi connectivity index (χ2n) is 12.1. The third kappa shape index (κ3) is 1.84. The third-order valence-electron chi connectivity index (χ3n) is 12.2. The summed E-state index contributed by atoms with van der Waals surface area (Å²) in [5.74, 6) is 4.23. The van der Waals surface area contributed by atoms with Crippen molar-refractivity contribution in [1.82, 2.24) is 0 Å². The summed E-state index contributed by atoms with van der Waals surface area (Å²) in [5, 5.41) is 0. The normalized spacial score (nSPS) is 49.7. The summed E-state index contributed by atoms with van der Waals surface area (Å²) in [6.45, 7) is 4.98. The molecule has 0 aromatic heterocycles. The Balaban J connectivity index is 1.33. The lowest BCUT2D eigenvalue weighted by atomic mass is 9.19. The van der Waals surface area contributed by atoms with Gasteiger partial charge >= 0.3 is 11.9 Å². The van der Waals surface area contributed by atoms with E-state index in [9.17, 15) is 9.59 Å². The number of rotatable bonds is 4. The van der Waals surface area contributed by atoms with Crippen molar-refractivity contribution < 1.29 is 28.5 Å². The molecule has 0 radical (unpaired) electrons. The zero-order valence-electron chi connectivity index (χ0n) is 20.8. The number of hydrogen-bond donors (Lipinski definition) is 0. The maximum Gasteiger partial charge on any atom is 0.309 e. The Kier molecular flexibility index (Phi) is 3.91. The number of carbonyl (C=O) groups is 2. The van der Waals surface area contributed by atoms with Crippen LogP contribution in [0.25, 0.3) is 0 Å². The van der Waals surface area contributed by atoms with E-state index in [2.05, 4.69) is 26.0 Å². The first-order chi connectivity index (χ1) is 16.3. The van der Waals surface area contributed by atoms with Crippen molar-refractivity contribution in [3.8, 4) is 11.5 Å². The number of hydrogen-bond acceptors (Lipinski definition) is 6. The summed E-state index contributed by atoms with van der Waals surface area (Å²) in [6.07, 6.45) is 2.09. The van der Waals surface area contributed by atoms with Crippen molar-refractivity contribution >= 4 is 11.9 Å². The van der Waals surface area contributed by atoms with Gasteiger partial charge in [0.05, 0.1) is 40.3 Å². The maximum absolute atomic E-state index is 12.9. The molecule has 0 amide bonds. The van der Waals surface area contributed by atoms with Crippen LogP contribution in [0.15, 0.2) is 12.1 Å². The van der Waals surface area contributed by atoms with E-state index in [0.29, 0.717) is 35.5 Å². The van der Waals surface area contributed by atoms with E-state index < -0.39 is 0 Å². The van der Waals surface area contributed by atoms with E-state index >= 15 is 0 Å². The van der Waals surface area contributed by atoms with E-state index in [1.807, 2.05) is 0 Å². The van der Waals surface area contributed by atoms with Crippen molar-refractivity contribution in [1.29, 1.82) is 0 Å². The Hall–Kier alpha value is -2.24. The Morgan fingerprint density at radius 2 is 1.12 bits per heavy atom. The minimum Gasteiger partial charge on any atom is -0.496 e. The van der Waals surface area contributed by atoms with Crippen LogP contribution in [0.1, 0.15) is 49.7 Å². The lowest BCUT2D eigenvalue weighted by Crippen LogP contribution is -2.81. The molecule has 0 saturated heterocycles. The maximum atomic E-state index is 12.9. The van der Waals surface area contributed by atoms with Crippen LogP contribution >= 0.6 is 0 Å². The summed E-state index contributed by atoms with van der Waals surface area (Å²) in [6, 6.07) is 4.12.